The quantitative estimate of drug-likeness (QED) is 0.567. The van der Waals surface area contributed by atoms with Crippen molar-refractivity contribution in [3.8, 4) is 5.75 Å². The first-order valence-corrected chi connectivity index (χ1v) is 8.40. The third-order valence-corrected chi connectivity index (χ3v) is 3.82. The van der Waals surface area contributed by atoms with Gasteiger partial charge in [0.05, 0.1) is 5.56 Å². The number of amides is 1. The third-order valence-electron chi connectivity index (χ3n) is 2.92. The van der Waals surface area contributed by atoms with Crippen molar-refractivity contribution in [1.82, 2.24) is 5.32 Å². The largest absolute Gasteiger partial charge is 0.489 e. The van der Waals surface area contributed by atoms with Crippen molar-refractivity contribution in [2.75, 3.05) is 11.9 Å². The van der Waals surface area contributed by atoms with Crippen LogP contribution in [-0.2, 0) is 0 Å². The molecule has 2 aromatic rings. The monoisotopic (exact) mass is 404 g/mol. The van der Waals surface area contributed by atoms with Crippen LogP contribution in [0.1, 0.15) is 17.3 Å². The normalized spacial score (nSPS) is 9.92. The van der Waals surface area contributed by atoms with Crippen LogP contribution < -0.4 is 15.4 Å². The molecule has 4 nitrogen and oxygen atoms in total. The van der Waals surface area contributed by atoms with Gasteiger partial charge in [0.1, 0.15) is 12.4 Å². The van der Waals surface area contributed by atoms with E-state index < -0.39 is 0 Å². The number of benzene rings is 2. The number of carbonyl (C=O) groups is 1. The standard InChI is InChI=1S/C18H17BrN2O2S/c1-12(2)11-23-14-7-5-6-13(10-14)20-18(24)21-17(22)15-8-3-4-9-16(15)19/h3-10H,1,11H2,2H3,(H2,20,21,22,24). The molecular weight excluding hydrogens is 388 g/mol. The molecule has 1 amide bonds. The Kier molecular flexibility index (Phi) is 6.52. The molecule has 0 aliphatic rings. The summed E-state index contributed by atoms with van der Waals surface area (Å²) in [5.41, 5.74) is 2.18. The van der Waals surface area contributed by atoms with Crippen molar-refractivity contribution in [2.45, 2.75) is 6.92 Å². The van der Waals surface area contributed by atoms with Crippen LogP contribution in [0.3, 0.4) is 0 Å². The van der Waals surface area contributed by atoms with Crippen molar-refractivity contribution in [3.63, 3.8) is 0 Å². The molecule has 0 atom stereocenters. The van der Waals surface area contributed by atoms with Gasteiger partial charge in [-0.05, 0) is 64.9 Å². The van der Waals surface area contributed by atoms with Crippen molar-refractivity contribution in [2.24, 2.45) is 0 Å². The minimum Gasteiger partial charge on any atom is -0.489 e. The molecule has 0 spiro atoms. The average molecular weight is 405 g/mol. The fourth-order valence-electron chi connectivity index (χ4n) is 1.85. The second-order valence-electron chi connectivity index (χ2n) is 5.16. The van der Waals surface area contributed by atoms with Gasteiger partial charge in [0.25, 0.3) is 5.91 Å². The molecule has 0 aliphatic heterocycles. The summed E-state index contributed by atoms with van der Waals surface area (Å²) in [6, 6.07) is 14.5. The summed E-state index contributed by atoms with van der Waals surface area (Å²) >= 11 is 8.54. The fraction of sp³-hybridized carbons (Fsp3) is 0.111. The average Bonchev–Trinajstić information content (AvgIpc) is 2.53. The van der Waals surface area contributed by atoms with Gasteiger partial charge in [-0.1, -0.05) is 24.8 Å². The van der Waals surface area contributed by atoms with Crippen molar-refractivity contribution in [3.05, 3.63) is 70.7 Å². The number of hydrogen-bond donors (Lipinski definition) is 2. The van der Waals surface area contributed by atoms with Gasteiger partial charge < -0.3 is 10.1 Å². The van der Waals surface area contributed by atoms with E-state index >= 15 is 0 Å². The minimum atomic E-state index is -0.283. The second-order valence-corrected chi connectivity index (χ2v) is 6.42. The van der Waals surface area contributed by atoms with E-state index in [9.17, 15) is 4.79 Å². The first-order valence-electron chi connectivity index (χ1n) is 7.20. The first kappa shape index (κ1) is 18.2. The van der Waals surface area contributed by atoms with Gasteiger partial charge in [0, 0.05) is 16.2 Å². The second kappa shape index (κ2) is 8.61. The molecule has 0 unspecified atom stereocenters. The Hall–Kier alpha value is -2.18. The Morgan fingerprint density at radius 1 is 1.25 bits per heavy atom. The number of halogens is 1. The summed E-state index contributed by atoms with van der Waals surface area (Å²) in [7, 11) is 0. The van der Waals surface area contributed by atoms with Crippen molar-refractivity contribution < 1.29 is 9.53 Å². The maximum Gasteiger partial charge on any atom is 0.258 e. The zero-order chi connectivity index (χ0) is 17.5. The molecule has 2 rings (SSSR count). The molecule has 0 bridgehead atoms. The van der Waals surface area contributed by atoms with Gasteiger partial charge in [-0.25, -0.2) is 0 Å². The molecule has 2 aromatic carbocycles. The van der Waals surface area contributed by atoms with E-state index in [1.54, 1.807) is 24.3 Å². The highest BCUT2D eigenvalue weighted by molar-refractivity contribution is 9.10. The number of anilines is 1. The Morgan fingerprint density at radius 3 is 2.71 bits per heavy atom. The van der Waals surface area contributed by atoms with Gasteiger partial charge >= 0.3 is 0 Å². The molecule has 0 saturated heterocycles. The smallest absolute Gasteiger partial charge is 0.258 e. The van der Waals surface area contributed by atoms with Crippen LogP contribution in [0.5, 0.6) is 5.75 Å². The predicted molar refractivity (Wildman–Crippen MR) is 105 cm³/mol. The number of hydrogen-bond acceptors (Lipinski definition) is 3. The van der Waals surface area contributed by atoms with Gasteiger partial charge in [-0.15, -0.1) is 0 Å². The van der Waals surface area contributed by atoms with Crippen LogP contribution in [-0.4, -0.2) is 17.6 Å². The summed E-state index contributed by atoms with van der Waals surface area (Å²) < 4.78 is 6.29. The molecular formula is C18H17BrN2O2S. The van der Waals surface area contributed by atoms with Crippen molar-refractivity contribution in [1.29, 1.82) is 0 Å². The number of carbonyl (C=O) groups excluding carboxylic acids is 1. The maximum absolute atomic E-state index is 12.2. The van der Waals surface area contributed by atoms with Crippen LogP contribution in [0.2, 0.25) is 0 Å². The molecule has 0 aliphatic carbocycles. The van der Waals surface area contributed by atoms with E-state index in [0.29, 0.717) is 22.4 Å². The van der Waals surface area contributed by atoms with E-state index in [1.807, 2.05) is 31.2 Å². The summed E-state index contributed by atoms with van der Waals surface area (Å²) in [5.74, 6) is 0.414. The number of rotatable bonds is 5. The van der Waals surface area contributed by atoms with Crippen molar-refractivity contribution >= 4 is 44.9 Å². The Bertz CT molecular complexity index is 777. The van der Waals surface area contributed by atoms with Crippen LogP contribution in [0, 0.1) is 0 Å². The summed E-state index contributed by atoms with van der Waals surface area (Å²) in [4.78, 5) is 12.2. The topological polar surface area (TPSA) is 50.4 Å². The summed E-state index contributed by atoms with van der Waals surface area (Å²) in [6.07, 6.45) is 0. The van der Waals surface area contributed by atoms with E-state index in [4.69, 9.17) is 17.0 Å². The highest BCUT2D eigenvalue weighted by Gasteiger charge is 2.11. The third kappa shape index (κ3) is 5.47. The molecule has 0 saturated carbocycles. The lowest BCUT2D eigenvalue weighted by Gasteiger charge is -2.12. The lowest BCUT2D eigenvalue weighted by molar-refractivity contribution is 0.0977. The molecule has 0 radical (unpaired) electrons. The maximum atomic E-state index is 12.2. The van der Waals surface area contributed by atoms with Gasteiger partial charge in [-0.2, -0.15) is 0 Å². The van der Waals surface area contributed by atoms with E-state index in [0.717, 1.165) is 11.3 Å². The molecule has 0 heterocycles. The SMILES string of the molecule is C=C(C)COc1cccc(NC(=S)NC(=O)c2ccccc2Br)c1. The first-order chi connectivity index (χ1) is 11.5. The fourth-order valence-corrected chi connectivity index (χ4v) is 2.52. The molecule has 0 fully saturated rings. The van der Waals surface area contributed by atoms with E-state index in [1.165, 1.54) is 0 Å². The Morgan fingerprint density at radius 2 is 2.00 bits per heavy atom. The highest BCUT2D eigenvalue weighted by Crippen LogP contribution is 2.18. The number of ether oxygens (including phenoxy) is 1. The zero-order valence-corrected chi connectivity index (χ0v) is 15.5. The highest BCUT2D eigenvalue weighted by atomic mass is 79.9. The summed E-state index contributed by atoms with van der Waals surface area (Å²) in [5, 5.41) is 5.84. The minimum absolute atomic E-state index is 0.216. The Balaban J connectivity index is 1.97. The van der Waals surface area contributed by atoms with Gasteiger partial charge in [0.15, 0.2) is 5.11 Å². The van der Waals surface area contributed by atoms with Gasteiger partial charge in [-0.3, -0.25) is 10.1 Å². The molecule has 124 valence electrons. The molecule has 2 N–H and O–H groups in total. The van der Waals surface area contributed by atoms with Crippen LogP contribution in [0.25, 0.3) is 0 Å². The summed E-state index contributed by atoms with van der Waals surface area (Å²) in [6.45, 7) is 6.15. The van der Waals surface area contributed by atoms with E-state index in [-0.39, 0.29) is 11.0 Å². The Labute approximate surface area is 155 Å². The lowest BCUT2D eigenvalue weighted by Crippen LogP contribution is -2.34. The zero-order valence-electron chi connectivity index (χ0n) is 13.1. The van der Waals surface area contributed by atoms with Gasteiger partial charge in [0.2, 0.25) is 0 Å². The predicted octanol–water partition coefficient (Wildman–Crippen LogP) is 4.53. The van der Waals surface area contributed by atoms with Crippen LogP contribution >= 0.6 is 28.1 Å². The molecule has 6 heteroatoms. The van der Waals surface area contributed by atoms with E-state index in [2.05, 4.69) is 33.1 Å². The molecule has 24 heavy (non-hydrogen) atoms. The molecule has 0 aromatic heterocycles. The number of thiocarbonyl (C=S) groups is 1. The van der Waals surface area contributed by atoms with Crippen LogP contribution in [0.15, 0.2) is 65.2 Å². The lowest BCUT2D eigenvalue weighted by atomic mass is 10.2. The number of nitrogens with one attached hydrogen (secondary N) is 2. The van der Waals surface area contributed by atoms with Crippen LogP contribution in [0.4, 0.5) is 5.69 Å².